The lowest BCUT2D eigenvalue weighted by molar-refractivity contribution is 0.0628. The van der Waals surface area contributed by atoms with E-state index in [0.717, 1.165) is 32.5 Å². The third-order valence-electron chi connectivity index (χ3n) is 5.07. The topological polar surface area (TPSA) is 65.5 Å². The van der Waals surface area contributed by atoms with Gasteiger partial charge in [-0.2, -0.15) is 0 Å². The third kappa shape index (κ3) is 4.52. The highest BCUT2D eigenvalue weighted by molar-refractivity contribution is 5.99. The highest BCUT2D eigenvalue weighted by Gasteiger charge is 2.25. The van der Waals surface area contributed by atoms with E-state index in [1.165, 1.54) is 11.8 Å². The van der Waals surface area contributed by atoms with Gasteiger partial charge in [-0.25, -0.2) is 0 Å². The quantitative estimate of drug-likeness (QED) is 0.881. The number of benzene rings is 1. The van der Waals surface area contributed by atoms with E-state index >= 15 is 0 Å². The van der Waals surface area contributed by atoms with Gasteiger partial charge < -0.3 is 10.2 Å². The second kappa shape index (κ2) is 7.88. The summed E-state index contributed by atoms with van der Waals surface area (Å²) in [6.07, 6.45) is 5.13. The number of nitrogens with one attached hydrogen (secondary N) is 1. The van der Waals surface area contributed by atoms with Crippen molar-refractivity contribution in [3.05, 3.63) is 65.5 Å². The lowest BCUT2D eigenvalue weighted by Gasteiger charge is -2.34. The fourth-order valence-corrected chi connectivity index (χ4v) is 3.31. The Morgan fingerprint density at radius 1 is 1.00 bits per heavy atom. The Balaban J connectivity index is 1.34. The summed E-state index contributed by atoms with van der Waals surface area (Å²) in [4.78, 5) is 33.3. The SMILES string of the molecule is O=C(NC1CC1)c1cncc(C(=O)N2CCN(Cc3ccccc3)CC2)c1. The zero-order chi connectivity index (χ0) is 18.6. The van der Waals surface area contributed by atoms with Gasteiger partial charge in [0.05, 0.1) is 11.1 Å². The minimum absolute atomic E-state index is 0.0528. The van der Waals surface area contributed by atoms with Crippen molar-refractivity contribution in [3.63, 3.8) is 0 Å². The maximum Gasteiger partial charge on any atom is 0.255 e. The number of amides is 2. The fourth-order valence-electron chi connectivity index (χ4n) is 3.31. The van der Waals surface area contributed by atoms with Crippen molar-refractivity contribution < 1.29 is 9.59 Å². The first kappa shape index (κ1) is 17.7. The van der Waals surface area contributed by atoms with Crippen LogP contribution < -0.4 is 5.32 Å². The van der Waals surface area contributed by atoms with E-state index in [1.54, 1.807) is 12.3 Å². The highest BCUT2D eigenvalue weighted by atomic mass is 16.2. The number of pyridine rings is 1. The normalized spacial score (nSPS) is 17.6. The largest absolute Gasteiger partial charge is 0.349 e. The summed E-state index contributed by atoms with van der Waals surface area (Å²) in [7, 11) is 0. The summed E-state index contributed by atoms with van der Waals surface area (Å²) in [6.45, 7) is 3.96. The van der Waals surface area contributed by atoms with Crippen molar-refractivity contribution in [3.8, 4) is 0 Å². The van der Waals surface area contributed by atoms with Crippen LogP contribution in [0.2, 0.25) is 0 Å². The van der Waals surface area contributed by atoms with Gasteiger partial charge in [-0.1, -0.05) is 30.3 Å². The predicted octanol–water partition coefficient (Wildman–Crippen LogP) is 1.93. The Kier molecular flexibility index (Phi) is 5.16. The number of piperazine rings is 1. The summed E-state index contributed by atoms with van der Waals surface area (Å²) < 4.78 is 0. The monoisotopic (exact) mass is 364 g/mol. The third-order valence-corrected chi connectivity index (χ3v) is 5.07. The Morgan fingerprint density at radius 2 is 1.70 bits per heavy atom. The van der Waals surface area contributed by atoms with Crippen LogP contribution >= 0.6 is 0 Å². The summed E-state index contributed by atoms with van der Waals surface area (Å²) in [5.41, 5.74) is 2.22. The molecule has 1 aromatic heterocycles. The zero-order valence-corrected chi connectivity index (χ0v) is 15.3. The van der Waals surface area contributed by atoms with E-state index < -0.39 is 0 Å². The van der Waals surface area contributed by atoms with Crippen LogP contribution in [0.1, 0.15) is 39.1 Å². The Hall–Kier alpha value is -2.73. The first-order chi connectivity index (χ1) is 13.2. The Bertz CT molecular complexity index is 812. The molecule has 0 atom stereocenters. The van der Waals surface area contributed by atoms with Crippen LogP contribution in [0, 0.1) is 0 Å². The number of rotatable bonds is 5. The smallest absolute Gasteiger partial charge is 0.255 e. The lowest BCUT2D eigenvalue weighted by Crippen LogP contribution is -2.48. The molecule has 2 heterocycles. The van der Waals surface area contributed by atoms with Crippen LogP contribution in [-0.4, -0.2) is 58.8 Å². The van der Waals surface area contributed by atoms with Gasteiger partial charge in [0.2, 0.25) is 0 Å². The molecular formula is C21H24N4O2. The van der Waals surface area contributed by atoms with Gasteiger partial charge >= 0.3 is 0 Å². The van der Waals surface area contributed by atoms with Gasteiger partial charge in [0.25, 0.3) is 11.8 Å². The van der Waals surface area contributed by atoms with Crippen LogP contribution in [-0.2, 0) is 6.54 Å². The lowest BCUT2D eigenvalue weighted by atomic mass is 10.1. The molecule has 1 aliphatic carbocycles. The van der Waals surface area contributed by atoms with E-state index in [4.69, 9.17) is 0 Å². The minimum Gasteiger partial charge on any atom is -0.349 e. The molecule has 1 aromatic carbocycles. The summed E-state index contributed by atoms with van der Waals surface area (Å²) >= 11 is 0. The molecule has 1 saturated heterocycles. The van der Waals surface area contributed by atoms with Crippen molar-refractivity contribution in [2.24, 2.45) is 0 Å². The van der Waals surface area contributed by atoms with Gasteiger partial charge in [-0.15, -0.1) is 0 Å². The number of carbonyl (C=O) groups excluding carboxylic acids is 2. The molecular weight excluding hydrogens is 340 g/mol. The van der Waals surface area contributed by atoms with E-state index in [9.17, 15) is 9.59 Å². The van der Waals surface area contributed by atoms with Crippen molar-refractivity contribution in [1.29, 1.82) is 0 Å². The first-order valence-corrected chi connectivity index (χ1v) is 9.50. The van der Waals surface area contributed by atoms with Crippen molar-refractivity contribution in [2.45, 2.75) is 25.4 Å². The first-order valence-electron chi connectivity index (χ1n) is 9.50. The average Bonchev–Trinajstić information content (AvgIpc) is 3.53. The molecule has 2 aliphatic rings. The molecule has 6 heteroatoms. The van der Waals surface area contributed by atoms with E-state index in [-0.39, 0.29) is 17.9 Å². The van der Waals surface area contributed by atoms with Gasteiger partial charge in [0, 0.05) is 51.2 Å². The molecule has 2 aromatic rings. The predicted molar refractivity (Wildman–Crippen MR) is 102 cm³/mol. The maximum absolute atomic E-state index is 12.8. The average molecular weight is 364 g/mol. The molecule has 27 heavy (non-hydrogen) atoms. The summed E-state index contributed by atoms with van der Waals surface area (Å²) in [5.74, 6) is -0.199. The number of hydrogen-bond donors (Lipinski definition) is 1. The molecule has 6 nitrogen and oxygen atoms in total. The molecule has 0 bridgehead atoms. The van der Waals surface area contributed by atoms with Gasteiger partial charge in [0.15, 0.2) is 0 Å². The van der Waals surface area contributed by atoms with E-state index in [1.807, 2.05) is 11.0 Å². The van der Waals surface area contributed by atoms with Crippen LogP contribution in [0.25, 0.3) is 0 Å². The number of nitrogens with zero attached hydrogens (tertiary/aromatic N) is 3. The van der Waals surface area contributed by atoms with Crippen LogP contribution in [0.5, 0.6) is 0 Å². The molecule has 1 saturated carbocycles. The Morgan fingerprint density at radius 3 is 2.41 bits per heavy atom. The molecule has 0 radical (unpaired) electrons. The molecule has 4 rings (SSSR count). The number of carbonyl (C=O) groups is 2. The molecule has 0 spiro atoms. The van der Waals surface area contributed by atoms with E-state index in [0.29, 0.717) is 24.2 Å². The van der Waals surface area contributed by atoms with Crippen LogP contribution in [0.4, 0.5) is 0 Å². The van der Waals surface area contributed by atoms with Crippen molar-refractivity contribution >= 4 is 11.8 Å². The molecule has 1 aliphatic heterocycles. The second-order valence-corrected chi connectivity index (χ2v) is 7.26. The standard InChI is InChI=1S/C21H24N4O2/c26-20(23-19-6-7-19)17-12-18(14-22-13-17)21(27)25-10-8-24(9-11-25)15-16-4-2-1-3-5-16/h1-5,12-14,19H,6-11,15H2,(H,23,26). The molecule has 1 N–H and O–H groups in total. The minimum atomic E-state index is -0.146. The summed E-state index contributed by atoms with van der Waals surface area (Å²) in [5, 5.41) is 2.93. The zero-order valence-electron chi connectivity index (χ0n) is 15.3. The number of aromatic nitrogens is 1. The Labute approximate surface area is 159 Å². The van der Waals surface area contributed by atoms with Crippen molar-refractivity contribution in [2.75, 3.05) is 26.2 Å². The van der Waals surface area contributed by atoms with Crippen LogP contribution in [0.15, 0.2) is 48.8 Å². The second-order valence-electron chi connectivity index (χ2n) is 7.26. The highest BCUT2D eigenvalue weighted by Crippen LogP contribution is 2.19. The molecule has 0 unspecified atom stereocenters. The van der Waals surface area contributed by atoms with Gasteiger partial charge in [-0.3, -0.25) is 19.5 Å². The molecule has 140 valence electrons. The maximum atomic E-state index is 12.8. The van der Waals surface area contributed by atoms with E-state index in [2.05, 4.69) is 39.5 Å². The molecule has 2 amide bonds. The summed E-state index contributed by atoms with van der Waals surface area (Å²) in [6, 6.07) is 12.3. The molecule has 2 fully saturated rings. The van der Waals surface area contributed by atoms with Crippen LogP contribution in [0.3, 0.4) is 0 Å². The van der Waals surface area contributed by atoms with Gasteiger partial charge in [0.1, 0.15) is 0 Å². The van der Waals surface area contributed by atoms with Gasteiger partial charge in [-0.05, 0) is 24.5 Å². The van der Waals surface area contributed by atoms with Crippen molar-refractivity contribution in [1.82, 2.24) is 20.1 Å². The fraction of sp³-hybridized carbons (Fsp3) is 0.381. The number of hydrogen-bond acceptors (Lipinski definition) is 4.